The minimum atomic E-state index is -5.05. The van der Waals surface area contributed by atoms with Crippen LogP contribution in [0.3, 0.4) is 0 Å². The van der Waals surface area contributed by atoms with Gasteiger partial charge in [0.25, 0.3) is 0 Å². The Morgan fingerprint density at radius 3 is 2.29 bits per heavy atom. The van der Waals surface area contributed by atoms with Crippen LogP contribution in [0.5, 0.6) is 0 Å². The zero-order valence-electron chi connectivity index (χ0n) is 13.5. The van der Waals surface area contributed by atoms with Gasteiger partial charge in [-0.25, -0.2) is 4.98 Å². The van der Waals surface area contributed by atoms with Gasteiger partial charge in [-0.05, 0) is 37.1 Å². The smallest absolute Gasteiger partial charge is 0.374 e. The molecule has 0 aliphatic heterocycles. The Morgan fingerprint density at radius 1 is 1.25 bits per heavy atom. The fraction of sp³-hybridized carbons (Fsp3) is 0.375. The molecule has 0 saturated carbocycles. The lowest BCUT2D eigenvalue weighted by Crippen LogP contribution is -2.46. The monoisotopic (exact) mass is 341 g/mol. The normalized spacial score (nSPS) is 14.3. The Morgan fingerprint density at radius 2 is 1.83 bits per heavy atom. The first-order chi connectivity index (χ1) is 11.0. The molecule has 0 aliphatic rings. The number of hydrogen-bond acceptors (Lipinski definition) is 3. The number of amides is 1. The molecule has 1 atom stereocenters. The number of hydrogen-bond donors (Lipinski definition) is 2. The lowest BCUT2D eigenvalue weighted by atomic mass is 9.97. The van der Waals surface area contributed by atoms with Gasteiger partial charge in [-0.3, -0.25) is 4.79 Å². The highest BCUT2D eigenvalue weighted by atomic mass is 19.4. The molecule has 0 bridgehead atoms. The fourth-order valence-electron chi connectivity index (χ4n) is 2.55. The Labute approximate surface area is 137 Å². The Hall–Kier alpha value is -2.35. The Balaban J connectivity index is 2.27. The molecule has 0 radical (unpaired) electrons. The van der Waals surface area contributed by atoms with E-state index in [1.165, 1.54) is 13.2 Å². The van der Waals surface area contributed by atoms with Gasteiger partial charge in [0.1, 0.15) is 0 Å². The van der Waals surface area contributed by atoms with Crippen molar-refractivity contribution in [3.63, 3.8) is 0 Å². The minimum absolute atomic E-state index is 0.377. The van der Waals surface area contributed by atoms with Gasteiger partial charge in [0.15, 0.2) is 5.82 Å². The highest BCUT2D eigenvalue weighted by Crippen LogP contribution is 2.40. The quantitative estimate of drug-likeness (QED) is 0.899. The van der Waals surface area contributed by atoms with Crippen molar-refractivity contribution >= 4 is 11.6 Å². The molecular weight excluding hydrogens is 323 g/mol. The van der Waals surface area contributed by atoms with Crippen LogP contribution in [0.25, 0.3) is 0 Å². The first-order valence-corrected chi connectivity index (χ1v) is 7.18. The molecule has 2 N–H and O–H groups in total. The van der Waals surface area contributed by atoms with E-state index in [1.54, 1.807) is 12.1 Å². The van der Waals surface area contributed by atoms with Gasteiger partial charge >= 0.3 is 6.18 Å². The zero-order chi connectivity index (χ0) is 18.1. The summed E-state index contributed by atoms with van der Waals surface area (Å²) in [6.07, 6.45) is -3.83. The highest BCUT2D eigenvalue weighted by molar-refractivity contribution is 5.91. The summed E-state index contributed by atoms with van der Waals surface area (Å²) in [6, 6.07) is 5.15. The van der Waals surface area contributed by atoms with Crippen LogP contribution in [-0.4, -0.2) is 26.7 Å². The van der Waals surface area contributed by atoms with E-state index in [-0.39, 0.29) is 0 Å². The van der Waals surface area contributed by atoms with Gasteiger partial charge in [-0.2, -0.15) is 13.2 Å². The van der Waals surface area contributed by atoms with Crippen LogP contribution in [0.1, 0.15) is 23.4 Å². The van der Waals surface area contributed by atoms with Gasteiger partial charge in [-0.1, -0.05) is 6.07 Å². The number of benzene rings is 1. The predicted molar refractivity (Wildman–Crippen MR) is 82.3 cm³/mol. The van der Waals surface area contributed by atoms with Crippen molar-refractivity contribution in [3.05, 3.63) is 47.5 Å². The second-order valence-corrected chi connectivity index (χ2v) is 5.82. The average molecular weight is 341 g/mol. The molecule has 1 aromatic heterocycles. The number of nitrogens with one attached hydrogen (secondary N) is 1. The average Bonchev–Trinajstić information content (AvgIpc) is 2.82. The number of nitrogens with zero attached hydrogens (tertiary/aromatic N) is 2. The summed E-state index contributed by atoms with van der Waals surface area (Å²) in [5.41, 5.74) is -1.27. The van der Waals surface area contributed by atoms with Gasteiger partial charge < -0.3 is 15.0 Å². The topological polar surface area (TPSA) is 67.2 Å². The van der Waals surface area contributed by atoms with Crippen LogP contribution in [-0.2, 0) is 17.4 Å². The molecule has 0 unspecified atom stereocenters. The molecule has 2 rings (SSSR count). The third-order valence-corrected chi connectivity index (χ3v) is 3.58. The van der Waals surface area contributed by atoms with Crippen molar-refractivity contribution in [2.75, 3.05) is 5.32 Å². The van der Waals surface area contributed by atoms with Gasteiger partial charge in [0.05, 0.1) is 6.42 Å². The van der Waals surface area contributed by atoms with E-state index >= 15 is 0 Å². The molecule has 1 amide bonds. The molecule has 1 heterocycles. The fourth-order valence-corrected chi connectivity index (χ4v) is 2.55. The van der Waals surface area contributed by atoms with E-state index in [0.29, 0.717) is 5.69 Å². The molecule has 8 heteroatoms. The second kappa shape index (κ2) is 6.27. The summed E-state index contributed by atoms with van der Waals surface area (Å²) in [4.78, 5) is 15.7. The third kappa shape index (κ3) is 3.59. The summed E-state index contributed by atoms with van der Waals surface area (Å²) in [7, 11) is 1.32. The van der Waals surface area contributed by atoms with Crippen LogP contribution < -0.4 is 5.32 Å². The molecule has 0 saturated heterocycles. The van der Waals surface area contributed by atoms with Crippen LogP contribution in [0.2, 0.25) is 0 Å². The molecular formula is C16H18F3N3O2. The van der Waals surface area contributed by atoms with Gasteiger partial charge in [0, 0.05) is 25.1 Å². The number of carbonyl (C=O) groups is 1. The SMILES string of the molecule is Cc1cc(C)cc(NC(=O)C[C@](O)(c2nccn2C)C(F)(F)F)c1. The third-order valence-electron chi connectivity index (χ3n) is 3.58. The number of imidazole rings is 1. The van der Waals surface area contributed by atoms with Crippen LogP contribution in [0.4, 0.5) is 18.9 Å². The summed E-state index contributed by atoms with van der Waals surface area (Å²) < 4.78 is 41.2. The molecule has 1 aromatic carbocycles. The number of anilines is 1. The minimum Gasteiger partial charge on any atom is -0.374 e. The van der Waals surface area contributed by atoms with E-state index in [0.717, 1.165) is 21.9 Å². The maximum atomic E-state index is 13.4. The highest BCUT2D eigenvalue weighted by Gasteiger charge is 2.58. The number of alkyl halides is 3. The summed E-state index contributed by atoms with van der Waals surface area (Å²) in [6.45, 7) is 3.62. The van der Waals surface area contributed by atoms with E-state index in [1.807, 2.05) is 19.9 Å². The van der Waals surface area contributed by atoms with E-state index < -0.39 is 29.9 Å². The largest absolute Gasteiger partial charge is 0.425 e. The van der Waals surface area contributed by atoms with Crippen LogP contribution in [0, 0.1) is 13.8 Å². The van der Waals surface area contributed by atoms with E-state index in [9.17, 15) is 23.1 Å². The number of aliphatic hydroxyl groups is 1. The number of rotatable bonds is 4. The van der Waals surface area contributed by atoms with E-state index in [4.69, 9.17) is 0 Å². The second-order valence-electron chi connectivity index (χ2n) is 5.82. The van der Waals surface area contributed by atoms with Crippen molar-refractivity contribution in [3.8, 4) is 0 Å². The lowest BCUT2D eigenvalue weighted by molar-refractivity contribution is -0.270. The molecule has 5 nitrogen and oxygen atoms in total. The molecule has 24 heavy (non-hydrogen) atoms. The van der Waals surface area contributed by atoms with E-state index in [2.05, 4.69) is 10.3 Å². The van der Waals surface area contributed by atoms with Crippen LogP contribution in [0.15, 0.2) is 30.6 Å². The number of carbonyl (C=O) groups excluding carboxylic acids is 1. The van der Waals surface area contributed by atoms with Crippen LogP contribution >= 0.6 is 0 Å². The standard InChI is InChI=1S/C16H18F3N3O2/c1-10-6-11(2)8-12(7-10)21-13(23)9-15(24,16(17,18)19)14-20-4-5-22(14)3/h4-8,24H,9H2,1-3H3,(H,21,23)/t15-/m0/s1. The van der Waals surface area contributed by atoms with Crippen molar-refractivity contribution in [1.29, 1.82) is 0 Å². The van der Waals surface area contributed by atoms with Crippen molar-refractivity contribution < 1.29 is 23.1 Å². The summed E-state index contributed by atoms with van der Waals surface area (Å²) in [5.74, 6) is -1.59. The Bertz CT molecular complexity index is 735. The van der Waals surface area contributed by atoms with Crippen molar-refractivity contribution in [1.82, 2.24) is 9.55 Å². The van der Waals surface area contributed by atoms with Gasteiger partial charge in [0.2, 0.25) is 11.5 Å². The first kappa shape index (κ1) is 18.0. The number of aryl methyl sites for hydroxylation is 3. The number of aromatic nitrogens is 2. The predicted octanol–water partition coefficient (Wildman–Crippen LogP) is 2.82. The van der Waals surface area contributed by atoms with Crippen molar-refractivity contribution in [2.45, 2.75) is 32.0 Å². The molecule has 130 valence electrons. The Kier molecular flexibility index (Phi) is 4.70. The molecule has 2 aromatic rings. The lowest BCUT2D eigenvalue weighted by Gasteiger charge is -2.29. The molecule has 0 fully saturated rings. The first-order valence-electron chi connectivity index (χ1n) is 7.18. The maximum absolute atomic E-state index is 13.4. The molecule has 0 aliphatic carbocycles. The number of halogens is 3. The molecule has 0 spiro atoms. The summed E-state index contributed by atoms with van der Waals surface area (Å²) >= 11 is 0. The maximum Gasteiger partial charge on any atom is 0.425 e. The van der Waals surface area contributed by atoms with Crippen molar-refractivity contribution in [2.24, 2.45) is 7.05 Å². The zero-order valence-corrected chi connectivity index (χ0v) is 13.5. The summed E-state index contributed by atoms with van der Waals surface area (Å²) in [5, 5.41) is 12.6. The van der Waals surface area contributed by atoms with Gasteiger partial charge in [-0.15, -0.1) is 0 Å².